The van der Waals surface area contributed by atoms with Gasteiger partial charge >= 0.3 is 0 Å². The number of pyridine rings is 3. The number of aromatic nitrogens is 3. The second-order valence-corrected chi connectivity index (χ2v) is 10.0. The SMILES string of the molecule is CO[C@@H]1CN(C[C@@H]2Cn3c(=O)ccc4ncc(F)c2c43)CC[C@@H]1NCc1cc2c(cn1)OCS2. The summed E-state index contributed by atoms with van der Waals surface area (Å²) in [6.07, 6.45) is 3.99. The third-order valence-electron chi connectivity index (χ3n) is 7.09. The molecule has 0 radical (unpaired) electrons. The lowest BCUT2D eigenvalue weighted by Gasteiger charge is -2.39. The first-order valence-electron chi connectivity index (χ1n) is 11.5. The fourth-order valence-corrected chi connectivity index (χ4v) is 6.19. The van der Waals surface area contributed by atoms with Crippen LogP contribution < -0.4 is 15.6 Å². The van der Waals surface area contributed by atoms with E-state index in [-0.39, 0.29) is 29.4 Å². The molecule has 34 heavy (non-hydrogen) atoms. The number of hydrogen-bond donors (Lipinski definition) is 1. The summed E-state index contributed by atoms with van der Waals surface area (Å²) in [6, 6.07) is 5.48. The Kier molecular flexibility index (Phi) is 5.76. The molecule has 3 aromatic rings. The number of rotatable bonds is 6. The number of likely N-dealkylation sites (tertiary alicyclic amines) is 1. The van der Waals surface area contributed by atoms with Crippen molar-refractivity contribution in [3.63, 3.8) is 0 Å². The van der Waals surface area contributed by atoms with Crippen LogP contribution in [0.3, 0.4) is 0 Å². The molecule has 0 aromatic carbocycles. The van der Waals surface area contributed by atoms with Crippen molar-refractivity contribution in [1.29, 1.82) is 0 Å². The number of hydrogen-bond acceptors (Lipinski definition) is 8. The predicted molar refractivity (Wildman–Crippen MR) is 127 cm³/mol. The molecular formula is C24H26FN5O3S. The first-order chi connectivity index (χ1) is 16.6. The van der Waals surface area contributed by atoms with E-state index in [0.717, 1.165) is 35.8 Å². The molecule has 0 saturated carbocycles. The van der Waals surface area contributed by atoms with Gasteiger partial charge in [0.1, 0.15) is 11.8 Å². The van der Waals surface area contributed by atoms with Gasteiger partial charge < -0.3 is 19.4 Å². The van der Waals surface area contributed by atoms with Crippen LogP contribution in [0.5, 0.6) is 5.75 Å². The van der Waals surface area contributed by atoms with Gasteiger partial charge in [-0.15, -0.1) is 0 Å². The van der Waals surface area contributed by atoms with Crippen molar-refractivity contribution in [3.05, 3.63) is 58.0 Å². The predicted octanol–water partition coefficient (Wildman–Crippen LogP) is 2.35. The normalized spacial score (nSPS) is 23.9. The molecule has 0 amide bonds. The maximum absolute atomic E-state index is 14.8. The first kappa shape index (κ1) is 22.0. The molecule has 3 aliphatic heterocycles. The summed E-state index contributed by atoms with van der Waals surface area (Å²) < 4.78 is 27.8. The van der Waals surface area contributed by atoms with E-state index in [1.54, 1.807) is 35.7 Å². The van der Waals surface area contributed by atoms with E-state index in [9.17, 15) is 9.18 Å². The molecule has 6 rings (SSSR count). The lowest BCUT2D eigenvalue weighted by Crippen LogP contribution is -2.54. The maximum Gasteiger partial charge on any atom is 0.251 e. The summed E-state index contributed by atoms with van der Waals surface area (Å²) in [6.45, 7) is 3.44. The van der Waals surface area contributed by atoms with Gasteiger partial charge in [-0.2, -0.15) is 0 Å². The topological polar surface area (TPSA) is 81.5 Å². The van der Waals surface area contributed by atoms with Crippen LogP contribution in [0.4, 0.5) is 4.39 Å². The highest BCUT2D eigenvalue weighted by molar-refractivity contribution is 7.99. The van der Waals surface area contributed by atoms with Gasteiger partial charge in [0.05, 0.1) is 40.1 Å². The zero-order valence-corrected chi connectivity index (χ0v) is 19.7. The largest absolute Gasteiger partial charge is 0.480 e. The zero-order chi connectivity index (χ0) is 23.2. The van der Waals surface area contributed by atoms with Gasteiger partial charge in [0.2, 0.25) is 0 Å². The van der Waals surface area contributed by atoms with Crippen molar-refractivity contribution in [2.24, 2.45) is 0 Å². The Labute approximate surface area is 200 Å². The third-order valence-corrected chi connectivity index (χ3v) is 7.96. The van der Waals surface area contributed by atoms with Crippen LogP contribution >= 0.6 is 11.8 Å². The fraction of sp³-hybridized carbons (Fsp3) is 0.458. The molecule has 0 aliphatic carbocycles. The summed E-state index contributed by atoms with van der Waals surface area (Å²) >= 11 is 1.69. The Bertz CT molecular complexity index is 1300. The van der Waals surface area contributed by atoms with Gasteiger partial charge in [-0.25, -0.2) is 4.39 Å². The Morgan fingerprint density at radius 2 is 2.21 bits per heavy atom. The Morgan fingerprint density at radius 1 is 1.29 bits per heavy atom. The molecule has 178 valence electrons. The molecule has 8 nitrogen and oxygen atoms in total. The summed E-state index contributed by atoms with van der Waals surface area (Å²) in [4.78, 5) is 24.5. The van der Waals surface area contributed by atoms with E-state index < -0.39 is 0 Å². The first-order valence-corrected chi connectivity index (χ1v) is 12.5. The standard InChI is InChI=1S/C24H26FN5O3S/c1-32-20-12-29(5-4-17(20)27-7-15-6-21-19(9-26-15)33-13-34-21)10-14-11-30-22(31)3-2-18-24(30)23(14)16(25)8-28-18/h2-3,6,8-9,14,17,20,27H,4-5,7,10-13H2,1H3/t14-,17+,20-/m1/s1. The van der Waals surface area contributed by atoms with E-state index in [0.29, 0.717) is 42.2 Å². The number of nitrogens with one attached hydrogen (secondary N) is 1. The van der Waals surface area contributed by atoms with Crippen LogP contribution in [0, 0.1) is 5.82 Å². The molecule has 3 aliphatic rings. The molecule has 3 aromatic heterocycles. The maximum atomic E-state index is 14.8. The van der Waals surface area contributed by atoms with Crippen LogP contribution in [0.25, 0.3) is 11.0 Å². The van der Waals surface area contributed by atoms with Gasteiger partial charge in [-0.05, 0) is 25.1 Å². The van der Waals surface area contributed by atoms with Crippen LogP contribution in [0.2, 0.25) is 0 Å². The highest BCUT2D eigenvalue weighted by Crippen LogP contribution is 2.36. The molecule has 1 saturated heterocycles. The molecule has 3 atom stereocenters. The molecule has 0 bridgehead atoms. The van der Waals surface area contributed by atoms with Crippen molar-refractivity contribution in [2.45, 2.75) is 42.5 Å². The summed E-state index contributed by atoms with van der Waals surface area (Å²) in [5.74, 6) is 1.09. The van der Waals surface area contributed by atoms with Crippen molar-refractivity contribution in [3.8, 4) is 5.75 Å². The van der Waals surface area contributed by atoms with E-state index in [4.69, 9.17) is 9.47 Å². The Hall–Kier alpha value is -2.53. The minimum absolute atomic E-state index is 0.00897. The Balaban J connectivity index is 1.12. The van der Waals surface area contributed by atoms with Gasteiger partial charge in [0.25, 0.3) is 5.56 Å². The fourth-order valence-electron chi connectivity index (χ4n) is 5.40. The number of ether oxygens (including phenoxy) is 2. The van der Waals surface area contributed by atoms with E-state index in [1.807, 2.05) is 0 Å². The van der Waals surface area contributed by atoms with Gasteiger partial charge in [0.15, 0.2) is 5.75 Å². The minimum Gasteiger partial charge on any atom is -0.480 e. The van der Waals surface area contributed by atoms with Crippen molar-refractivity contribution in [1.82, 2.24) is 24.8 Å². The van der Waals surface area contributed by atoms with Crippen LogP contribution in [0.15, 0.2) is 40.3 Å². The number of thioether (sulfide) groups is 1. The third kappa shape index (κ3) is 3.88. The second kappa shape index (κ2) is 8.92. The molecule has 1 fully saturated rings. The summed E-state index contributed by atoms with van der Waals surface area (Å²) in [7, 11) is 1.74. The van der Waals surface area contributed by atoms with Gasteiger partial charge in [-0.3, -0.25) is 19.7 Å². The average molecular weight is 484 g/mol. The van der Waals surface area contributed by atoms with E-state index in [2.05, 4.69) is 26.3 Å². The van der Waals surface area contributed by atoms with Crippen molar-refractivity contribution >= 4 is 22.8 Å². The smallest absolute Gasteiger partial charge is 0.251 e. The highest BCUT2D eigenvalue weighted by atomic mass is 32.2. The van der Waals surface area contributed by atoms with Crippen LogP contribution in [-0.4, -0.2) is 64.3 Å². The molecule has 0 unspecified atom stereocenters. The number of halogens is 1. The van der Waals surface area contributed by atoms with E-state index >= 15 is 0 Å². The monoisotopic (exact) mass is 483 g/mol. The molecular weight excluding hydrogens is 457 g/mol. The summed E-state index contributed by atoms with van der Waals surface area (Å²) in [5, 5.41) is 3.61. The van der Waals surface area contributed by atoms with Crippen LogP contribution in [-0.2, 0) is 17.8 Å². The van der Waals surface area contributed by atoms with Gasteiger partial charge in [-0.1, -0.05) is 11.8 Å². The highest BCUT2D eigenvalue weighted by Gasteiger charge is 2.34. The number of fused-ring (bicyclic) bond motifs is 1. The van der Waals surface area contributed by atoms with Crippen molar-refractivity contribution in [2.75, 3.05) is 32.7 Å². The molecule has 1 N–H and O–H groups in total. The van der Waals surface area contributed by atoms with E-state index in [1.165, 1.54) is 12.3 Å². The van der Waals surface area contributed by atoms with Crippen molar-refractivity contribution < 1.29 is 13.9 Å². The number of piperidine rings is 1. The van der Waals surface area contributed by atoms with Crippen LogP contribution in [0.1, 0.15) is 23.6 Å². The molecule has 10 heteroatoms. The second-order valence-electron chi connectivity index (χ2n) is 9.07. The van der Waals surface area contributed by atoms with Gasteiger partial charge in [0, 0.05) is 56.9 Å². The number of nitrogens with zero attached hydrogens (tertiary/aromatic N) is 4. The molecule has 0 spiro atoms. The number of methoxy groups -OCH3 is 1. The summed E-state index contributed by atoms with van der Waals surface area (Å²) in [5.41, 5.74) is 2.80. The lowest BCUT2D eigenvalue weighted by molar-refractivity contribution is 0.00324. The Morgan fingerprint density at radius 3 is 3.09 bits per heavy atom. The minimum atomic E-state index is -0.334. The lowest BCUT2D eigenvalue weighted by atomic mass is 9.96. The molecule has 6 heterocycles. The average Bonchev–Trinajstić information content (AvgIpc) is 3.47. The quantitative estimate of drug-likeness (QED) is 0.572. The zero-order valence-electron chi connectivity index (χ0n) is 18.9.